The smallest absolute Gasteiger partial charge is 0.258 e. The van der Waals surface area contributed by atoms with Crippen LogP contribution in [0.25, 0.3) is 0 Å². The van der Waals surface area contributed by atoms with Crippen LogP contribution >= 0.6 is 0 Å². The molecule has 0 saturated heterocycles. The van der Waals surface area contributed by atoms with Gasteiger partial charge >= 0.3 is 0 Å². The van der Waals surface area contributed by atoms with Crippen LogP contribution in [0.5, 0.6) is 11.5 Å². The molecule has 0 unspecified atom stereocenters. The van der Waals surface area contributed by atoms with Gasteiger partial charge in [0, 0.05) is 23.0 Å². The van der Waals surface area contributed by atoms with Crippen molar-refractivity contribution in [2.75, 3.05) is 17.0 Å². The molecule has 0 radical (unpaired) electrons. The summed E-state index contributed by atoms with van der Waals surface area (Å²) in [6.07, 6.45) is 0.822. The Hall–Kier alpha value is -3.47. The molecular formula is C24H22N2O3. The van der Waals surface area contributed by atoms with Gasteiger partial charge in [-0.25, -0.2) is 0 Å². The van der Waals surface area contributed by atoms with Crippen LogP contribution in [-0.2, 0) is 0 Å². The molecular weight excluding hydrogens is 364 g/mol. The van der Waals surface area contributed by atoms with E-state index in [2.05, 4.69) is 24.4 Å². The summed E-state index contributed by atoms with van der Waals surface area (Å²) in [7, 11) is 0. The third-order valence-electron chi connectivity index (χ3n) is 5.48. The number of nitrogens with one attached hydrogen (secondary N) is 1. The van der Waals surface area contributed by atoms with E-state index in [4.69, 9.17) is 9.47 Å². The van der Waals surface area contributed by atoms with E-state index in [1.54, 1.807) is 12.1 Å². The molecule has 2 aliphatic heterocycles. The van der Waals surface area contributed by atoms with E-state index < -0.39 is 0 Å². The Balaban J connectivity index is 1.61. The van der Waals surface area contributed by atoms with Gasteiger partial charge in [0.05, 0.1) is 6.04 Å². The molecule has 0 aromatic heterocycles. The average Bonchev–Trinajstić information content (AvgIpc) is 3.22. The molecule has 0 bridgehead atoms. The summed E-state index contributed by atoms with van der Waals surface area (Å²) < 4.78 is 10.9. The largest absolute Gasteiger partial charge is 0.454 e. The number of hydrogen-bond acceptors (Lipinski definition) is 4. The zero-order valence-corrected chi connectivity index (χ0v) is 16.2. The van der Waals surface area contributed by atoms with E-state index in [-0.39, 0.29) is 24.8 Å². The van der Waals surface area contributed by atoms with Crippen LogP contribution in [0, 0.1) is 0 Å². The number of para-hydroxylation sites is 2. The van der Waals surface area contributed by atoms with Crippen LogP contribution in [0.15, 0.2) is 72.8 Å². The molecule has 1 amide bonds. The molecule has 0 aliphatic carbocycles. The summed E-state index contributed by atoms with van der Waals surface area (Å²) in [6.45, 7) is 2.34. The predicted molar refractivity (Wildman–Crippen MR) is 113 cm³/mol. The Kier molecular flexibility index (Phi) is 4.35. The Labute approximate surface area is 169 Å². The molecule has 2 aliphatic rings. The molecule has 5 nitrogen and oxygen atoms in total. The zero-order valence-electron chi connectivity index (χ0n) is 16.2. The van der Waals surface area contributed by atoms with E-state index in [9.17, 15) is 4.79 Å². The van der Waals surface area contributed by atoms with Crippen molar-refractivity contribution in [1.82, 2.24) is 0 Å². The number of hydrogen-bond donors (Lipinski definition) is 1. The highest BCUT2D eigenvalue weighted by atomic mass is 16.7. The molecule has 5 heteroatoms. The third kappa shape index (κ3) is 3.18. The Morgan fingerprint density at radius 1 is 0.966 bits per heavy atom. The Morgan fingerprint density at radius 2 is 1.72 bits per heavy atom. The number of benzene rings is 3. The van der Waals surface area contributed by atoms with E-state index in [1.807, 2.05) is 53.4 Å². The van der Waals surface area contributed by atoms with Crippen LogP contribution in [-0.4, -0.2) is 18.7 Å². The lowest BCUT2D eigenvalue weighted by molar-refractivity contribution is 0.0973. The molecule has 0 spiro atoms. The molecule has 3 aromatic rings. The summed E-state index contributed by atoms with van der Waals surface area (Å²) in [5, 5.41) is 3.53. The van der Waals surface area contributed by atoms with Crippen molar-refractivity contribution in [3.05, 3.63) is 83.9 Å². The van der Waals surface area contributed by atoms with Gasteiger partial charge in [-0.1, -0.05) is 36.4 Å². The number of anilines is 2. The number of rotatable bonds is 3. The first-order chi connectivity index (χ1) is 14.2. The minimum Gasteiger partial charge on any atom is -0.454 e. The average molecular weight is 386 g/mol. The molecule has 0 fully saturated rings. The molecule has 1 N–H and O–H groups in total. The van der Waals surface area contributed by atoms with Gasteiger partial charge < -0.3 is 19.7 Å². The third-order valence-corrected chi connectivity index (χ3v) is 5.48. The minimum atomic E-state index is -0.0669. The van der Waals surface area contributed by atoms with Crippen LogP contribution in [0.2, 0.25) is 0 Å². The van der Waals surface area contributed by atoms with Gasteiger partial charge in [0.25, 0.3) is 5.91 Å². The molecule has 0 saturated carbocycles. The number of ether oxygens (including phenoxy) is 2. The first-order valence-corrected chi connectivity index (χ1v) is 9.84. The SMILES string of the molecule is C[C@@H]1C[C@@H](N(C(=O)c2ccc3c(c2)OCO3)c2ccccc2)c2ccccc2N1. The molecule has 3 aromatic carbocycles. The molecule has 5 rings (SSSR count). The van der Waals surface area contributed by atoms with Crippen LogP contribution in [0.3, 0.4) is 0 Å². The van der Waals surface area contributed by atoms with Crippen LogP contribution in [0.1, 0.15) is 35.3 Å². The van der Waals surface area contributed by atoms with E-state index >= 15 is 0 Å². The highest BCUT2D eigenvalue weighted by molar-refractivity contribution is 6.07. The monoisotopic (exact) mass is 386 g/mol. The Bertz CT molecular complexity index is 1050. The maximum absolute atomic E-state index is 13.8. The molecule has 2 heterocycles. The number of carbonyl (C=O) groups excluding carboxylic acids is 1. The highest BCUT2D eigenvalue weighted by Crippen LogP contribution is 2.40. The summed E-state index contributed by atoms with van der Waals surface area (Å²) in [4.78, 5) is 15.7. The second-order valence-electron chi connectivity index (χ2n) is 7.46. The van der Waals surface area contributed by atoms with Gasteiger partial charge in [-0.15, -0.1) is 0 Å². The second-order valence-corrected chi connectivity index (χ2v) is 7.46. The summed E-state index contributed by atoms with van der Waals surface area (Å²) in [5.74, 6) is 1.24. The number of carbonyl (C=O) groups is 1. The summed E-state index contributed by atoms with van der Waals surface area (Å²) in [6, 6.07) is 23.7. The Morgan fingerprint density at radius 3 is 2.59 bits per heavy atom. The van der Waals surface area contributed by atoms with Crippen molar-refractivity contribution in [2.24, 2.45) is 0 Å². The number of nitrogens with zero attached hydrogens (tertiary/aromatic N) is 1. The summed E-state index contributed by atoms with van der Waals surface area (Å²) >= 11 is 0. The maximum Gasteiger partial charge on any atom is 0.258 e. The van der Waals surface area contributed by atoms with Gasteiger partial charge in [0.15, 0.2) is 11.5 Å². The number of amides is 1. The maximum atomic E-state index is 13.8. The quantitative estimate of drug-likeness (QED) is 0.688. The lowest BCUT2D eigenvalue weighted by Gasteiger charge is -2.39. The lowest BCUT2D eigenvalue weighted by Crippen LogP contribution is -2.40. The van der Waals surface area contributed by atoms with E-state index in [0.29, 0.717) is 17.1 Å². The molecule has 2 atom stereocenters. The summed E-state index contributed by atoms with van der Waals surface area (Å²) in [5.41, 5.74) is 3.67. The number of fused-ring (bicyclic) bond motifs is 2. The van der Waals surface area contributed by atoms with Crippen LogP contribution < -0.4 is 19.7 Å². The first-order valence-electron chi connectivity index (χ1n) is 9.84. The van der Waals surface area contributed by atoms with Crippen molar-refractivity contribution in [3.63, 3.8) is 0 Å². The van der Waals surface area contributed by atoms with E-state index in [1.165, 1.54) is 0 Å². The first kappa shape index (κ1) is 17.6. The highest BCUT2D eigenvalue weighted by Gasteiger charge is 2.33. The van der Waals surface area contributed by atoms with Crippen molar-refractivity contribution in [2.45, 2.75) is 25.4 Å². The van der Waals surface area contributed by atoms with Crippen molar-refractivity contribution >= 4 is 17.3 Å². The topological polar surface area (TPSA) is 50.8 Å². The molecule has 146 valence electrons. The van der Waals surface area contributed by atoms with Crippen molar-refractivity contribution in [1.29, 1.82) is 0 Å². The predicted octanol–water partition coefficient (Wildman–Crippen LogP) is 5.01. The van der Waals surface area contributed by atoms with Gasteiger partial charge in [0.2, 0.25) is 6.79 Å². The normalized spacial score (nSPS) is 19.2. The van der Waals surface area contributed by atoms with Crippen molar-refractivity contribution < 1.29 is 14.3 Å². The molecule has 29 heavy (non-hydrogen) atoms. The standard InChI is InChI=1S/C24H22N2O3/c1-16-13-21(19-9-5-6-10-20(19)25-16)26(18-7-3-2-4-8-18)24(27)17-11-12-22-23(14-17)29-15-28-22/h2-12,14,16,21,25H,13,15H2,1H3/t16-,21-/m1/s1. The zero-order chi connectivity index (χ0) is 19.8. The van der Waals surface area contributed by atoms with Crippen LogP contribution in [0.4, 0.5) is 11.4 Å². The lowest BCUT2D eigenvalue weighted by atomic mass is 9.91. The van der Waals surface area contributed by atoms with Gasteiger partial charge in [-0.3, -0.25) is 4.79 Å². The van der Waals surface area contributed by atoms with E-state index in [0.717, 1.165) is 23.4 Å². The second kappa shape index (κ2) is 7.17. The van der Waals surface area contributed by atoms with Gasteiger partial charge in [-0.2, -0.15) is 0 Å². The fraction of sp³-hybridized carbons (Fsp3) is 0.208. The minimum absolute atomic E-state index is 0.0524. The van der Waals surface area contributed by atoms with Gasteiger partial charge in [-0.05, 0) is 55.3 Å². The fourth-order valence-electron chi connectivity index (χ4n) is 4.15. The van der Waals surface area contributed by atoms with Gasteiger partial charge in [0.1, 0.15) is 0 Å². The fourth-order valence-corrected chi connectivity index (χ4v) is 4.15. The van der Waals surface area contributed by atoms with Crippen molar-refractivity contribution in [3.8, 4) is 11.5 Å².